The number of carbonyl (C=O) groups is 1. The second-order valence-corrected chi connectivity index (χ2v) is 5.76. The molecule has 0 spiro atoms. The van der Waals surface area contributed by atoms with Crippen molar-refractivity contribution in [3.63, 3.8) is 0 Å². The Bertz CT molecular complexity index is 881. The van der Waals surface area contributed by atoms with E-state index >= 15 is 0 Å². The summed E-state index contributed by atoms with van der Waals surface area (Å²) in [4.78, 5) is 15.2. The van der Waals surface area contributed by atoms with Crippen LogP contribution in [0.3, 0.4) is 0 Å². The molecule has 0 radical (unpaired) electrons. The quantitative estimate of drug-likeness (QED) is 0.739. The number of carboxylic acid groups (broad SMARTS) is 1. The van der Waals surface area contributed by atoms with Crippen LogP contribution in [0.2, 0.25) is 5.02 Å². The number of fused-ring (bicyclic) bond motifs is 1. The zero-order valence-electron chi connectivity index (χ0n) is 12.6. The molecule has 1 atom stereocenters. The van der Waals surface area contributed by atoms with Gasteiger partial charge in [0.2, 0.25) is 5.88 Å². The molecule has 1 heterocycles. The highest BCUT2D eigenvalue weighted by molar-refractivity contribution is 6.35. The van der Waals surface area contributed by atoms with E-state index in [1.165, 1.54) is 0 Å². The van der Waals surface area contributed by atoms with E-state index < -0.39 is 12.0 Å². The van der Waals surface area contributed by atoms with Crippen molar-refractivity contribution in [2.45, 2.75) is 12.5 Å². The summed E-state index contributed by atoms with van der Waals surface area (Å²) in [7, 11) is 0. The van der Waals surface area contributed by atoms with Gasteiger partial charge in [0.15, 0.2) is 0 Å². The van der Waals surface area contributed by atoms with Crippen molar-refractivity contribution in [2.75, 3.05) is 0 Å². The third-order valence-electron chi connectivity index (χ3n) is 3.56. The molecular formula is C18H15ClN2O3. The molecule has 3 rings (SSSR count). The Kier molecular flexibility index (Phi) is 4.64. The minimum Gasteiger partial charge on any atom is -0.480 e. The zero-order chi connectivity index (χ0) is 17.1. The van der Waals surface area contributed by atoms with Gasteiger partial charge < -0.3 is 15.6 Å². The van der Waals surface area contributed by atoms with Gasteiger partial charge in [-0.1, -0.05) is 35.9 Å². The summed E-state index contributed by atoms with van der Waals surface area (Å²) in [5.74, 6) is 0.0136. The fourth-order valence-electron chi connectivity index (χ4n) is 2.31. The molecule has 0 saturated carbocycles. The van der Waals surface area contributed by atoms with Gasteiger partial charge in [-0.25, -0.2) is 4.98 Å². The summed E-state index contributed by atoms with van der Waals surface area (Å²) in [6.45, 7) is 0. The first-order chi connectivity index (χ1) is 11.5. The molecule has 3 aromatic rings. The van der Waals surface area contributed by atoms with Gasteiger partial charge in [0, 0.05) is 11.5 Å². The molecule has 2 aromatic carbocycles. The molecule has 0 aliphatic rings. The normalized spacial score (nSPS) is 12.1. The zero-order valence-corrected chi connectivity index (χ0v) is 13.4. The molecule has 0 saturated heterocycles. The SMILES string of the molecule is N[C@@H](Cc1ccc(Oc2ccc3cccc(Cl)c3n2)cc1)C(=O)O. The second kappa shape index (κ2) is 6.86. The number of pyridine rings is 1. The topological polar surface area (TPSA) is 85.4 Å². The van der Waals surface area contributed by atoms with E-state index in [0.717, 1.165) is 10.9 Å². The van der Waals surface area contributed by atoms with Crippen LogP contribution >= 0.6 is 11.6 Å². The Balaban J connectivity index is 1.76. The molecular weight excluding hydrogens is 328 g/mol. The third kappa shape index (κ3) is 3.64. The fourth-order valence-corrected chi connectivity index (χ4v) is 2.53. The third-order valence-corrected chi connectivity index (χ3v) is 3.87. The number of aromatic nitrogens is 1. The average Bonchev–Trinajstić information content (AvgIpc) is 2.57. The number of rotatable bonds is 5. The number of hydrogen-bond donors (Lipinski definition) is 2. The van der Waals surface area contributed by atoms with Crippen molar-refractivity contribution in [1.29, 1.82) is 0 Å². The van der Waals surface area contributed by atoms with Crippen LogP contribution in [0, 0.1) is 0 Å². The van der Waals surface area contributed by atoms with Gasteiger partial charge >= 0.3 is 5.97 Å². The smallest absolute Gasteiger partial charge is 0.320 e. The van der Waals surface area contributed by atoms with Crippen LogP contribution < -0.4 is 10.5 Å². The minimum absolute atomic E-state index is 0.263. The van der Waals surface area contributed by atoms with Gasteiger partial charge in [-0.05, 0) is 36.2 Å². The van der Waals surface area contributed by atoms with E-state index in [-0.39, 0.29) is 6.42 Å². The van der Waals surface area contributed by atoms with Crippen LogP contribution in [0.25, 0.3) is 10.9 Å². The van der Waals surface area contributed by atoms with Crippen molar-refractivity contribution >= 4 is 28.5 Å². The summed E-state index contributed by atoms with van der Waals surface area (Å²) in [5, 5.41) is 10.3. The van der Waals surface area contributed by atoms with Crippen molar-refractivity contribution in [3.8, 4) is 11.6 Å². The molecule has 6 heteroatoms. The highest BCUT2D eigenvalue weighted by Gasteiger charge is 2.12. The first kappa shape index (κ1) is 16.2. The van der Waals surface area contributed by atoms with Crippen LogP contribution in [0.5, 0.6) is 11.6 Å². The lowest BCUT2D eigenvalue weighted by Crippen LogP contribution is -2.32. The predicted molar refractivity (Wildman–Crippen MR) is 92.6 cm³/mol. The number of aliphatic carboxylic acids is 1. The number of ether oxygens (including phenoxy) is 1. The van der Waals surface area contributed by atoms with E-state index in [1.807, 2.05) is 18.2 Å². The van der Waals surface area contributed by atoms with E-state index in [1.54, 1.807) is 36.4 Å². The summed E-state index contributed by atoms with van der Waals surface area (Å²) in [6.07, 6.45) is 0.263. The maximum absolute atomic E-state index is 10.8. The van der Waals surface area contributed by atoms with Crippen LogP contribution in [0.15, 0.2) is 54.6 Å². The molecule has 24 heavy (non-hydrogen) atoms. The Labute approximate surface area is 143 Å². The second-order valence-electron chi connectivity index (χ2n) is 5.36. The number of halogens is 1. The molecule has 0 fully saturated rings. The van der Waals surface area contributed by atoms with Crippen LogP contribution in [0.1, 0.15) is 5.56 Å². The number of nitrogens with zero attached hydrogens (tertiary/aromatic N) is 1. The standard InChI is InChI=1S/C18H15ClN2O3/c19-14-3-1-2-12-6-9-16(21-17(12)14)24-13-7-4-11(5-8-13)10-15(20)18(22)23/h1-9,15H,10,20H2,(H,22,23)/t15-/m0/s1. The maximum Gasteiger partial charge on any atom is 0.320 e. The molecule has 0 amide bonds. The monoisotopic (exact) mass is 342 g/mol. The molecule has 0 unspecified atom stereocenters. The molecule has 3 N–H and O–H groups in total. The number of benzene rings is 2. The van der Waals surface area contributed by atoms with Crippen molar-refractivity contribution in [1.82, 2.24) is 4.98 Å². The number of hydrogen-bond acceptors (Lipinski definition) is 4. The average molecular weight is 343 g/mol. The lowest BCUT2D eigenvalue weighted by atomic mass is 10.1. The molecule has 1 aromatic heterocycles. The molecule has 122 valence electrons. The minimum atomic E-state index is -1.02. The fraction of sp³-hybridized carbons (Fsp3) is 0.111. The van der Waals surface area contributed by atoms with E-state index in [9.17, 15) is 4.79 Å². The van der Waals surface area contributed by atoms with Crippen molar-refractivity contribution in [3.05, 3.63) is 65.2 Å². The first-order valence-corrected chi connectivity index (χ1v) is 7.71. The molecule has 5 nitrogen and oxygen atoms in total. The largest absolute Gasteiger partial charge is 0.480 e. The highest BCUT2D eigenvalue weighted by atomic mass is 35.5. The van der Waals surface area contributed by atoms with Gasteiger partial charge in [0.05, 0.1) is 10.5 Å². The Morgan fingerprint density at radius 2 is 1.92 bits per heavy atom. The van der Waals surface area contributed by atoms with E-state index in [2.05, 4.69) is 4.98 Å². The lowest BCUT2D eigenvalue weighted by molar-refractivity contribution is -0.138. The van der Waals surface area contributed by atoms with E-state index in [4.69, 9.17) is 27.2 Å². The van der Waals surface area contributed by atoms with Crippen molar-refractivity contribution < 1.29 is 14.6 Å². The van der Waals surface area contributed by atoms with Crippen LogP contribution in [-0.2, 0) is 11.2 Å². The number of carboxylic acids is 1. The number of para-hydroxylation sites is 1. The van der Waals surface area contributed by atoms with Gasteiger partial charge in [-0.2, -0.15) is 0 Å². The predicted octanol–water partition coefficient (Wildman–Crippen LogP) is 3.63. The lowest BCUT2D eigenvalue weighted by Gasteiger charge is -2.09. The maximum atomic E-state index is 10.8. The summed E-state index contributed by atoms with van der Waals surface area (Å²) in [5.41, 5.74) is 7.03. The Morgan fingerprint density at radius 1 is 1.17 bits per heavy atom. The van der Waals surface area contributed by atoms with Gasteiger partial charge in [0.1, 0.15) is 11.8 Å². The Hall–Kier alpha value is -2.63. The van der Waals surface area contributed by atoms with Gasteiger partial charge in [-0.15, -0.1) is 0 Å². The summed E-state index contributed by atoms with van der Waals surface area (Å²) in [6, 6.07) is 15.4. The van der Waals surface area contributed by atoms with Crippen LogP contribution in [-0.4, -0.2) is 22.1 Å². The number of nitrogens with two attached hydrogens (primary N) is 1. The molecule has 0 bridgehead atoms. The Morgan fingerprint density at radius 3 is 2.62 bits per heavy atom. The van der Waals surface area contributed by atoms with Gasteiger partial charge in [0.25, 0.3) is 0 Å². The molecule has 0 aliphatic carbocycles. The van der Waals surface area contributed by atoms with Crippen molar-refractivity contribution in [2.24, 2.45) is 5.73 Å². The van der Waals surface area contributed by atoms with Crippen LogP contribution in [0.4, 0.5) is 0 Å². The first-order valence-electron chi connectivity index (χ1n) is 7.33. The summed E-state index contributed by atoms with van der Waals surface area (Å²) < 4.78 is 5.73. The van der Waals surface area contributed by atoms with Gasteiger partial charge in [-0.3, -0.25) is 4.79 Å². The molecule has 0 aliphatic heterocycles. The van der Waals surface area contributed by atoms with E-state index in [0.29, 0.717) is 22.2 Å². The highest BCUT2D eigenvalue weighted by Crippen LogP contribution is 2.26. The summed E-state index contributed by atoms with van der Waals surface area (Å²) >= 11 is 6.15.